The zero-order valence-corrected chi connectivity index (χ0v) is 15.6. The number of likely N-dealkylation sites (tertiary alicyclic amines) is 1. The lowest BCUT2D eigenvalue weighted by Crippen LogP contribution is -2.53. The van der Waals surface area contributed by atoms with Crippen LogP contribution in [-0.2, 0) is 14.4 Å². The van der Waals surface area contributed by atoms with E-state index in [-0.39, 0.29) is 24.7 Å². The van der Waals surface area contributed by atoms with Crippen molar-refractivity contribution in [1.82, 2.24) is 4.90 Å². The van der Waals surface area contributed by atoms with Crippen LogP contribution in [0.25, 0.3) is 0 Å². The minimum Gasteiger partial charge on any atom is -0.485 e. The predicted molar refractivity (Wildman–Crippen MR) is 94.1 cm³/mol. The molecule has 2 aliphatic heterocycles. The van der Waals surface area contributed by atoms with Crippen molar-refractivity contribution in [2.75, 3.05) is 19.8 Å². The Kier molecular flexibility index (Phi) is 5.41. The average Bonchev–Trinajstić information content (AvgIpc) is 3.04. The number of rotatable bonds is 6. The first-order valence-electron chi connectivity index (χ1n) is 8.95. The average molecular weight is 394 g/mol. The maximum absolute atomic E-state index is 12.3. The molecule has 152 valence electrons. The van der Waals surface area contributed by atoms with Crippen LogP contribution in [0.5, 0.6) is 5.75 Å². The second-order valence-electron chi connectivity index (χ2n) is 7.23. The molecule has 0 unspecified atom stereocenters. The van der Waals surface area contributed by atoms with Gasteiger partial charge in [-0.2, -0.15) is 0 Å². The van der Waals surface area contributed by atoms with E-state index in [4.69, 9.17) is 9.47 Å². The predicted octanol–water partition coefficient (Wildman–Crippen LogP) is 1.25. The molecular weight excluding hydrogens is 372 g/mol. The molecule has 0 aliphatic carbocycles. The molecule has 2 atom stereocenters. The van der Waals surface area contributed by atoms with Gasteiger partial charge in [-0.25, -0.2) is 4.79 Å². The molecule has 2 heterocycles. The number of nitrogens with zero attached hydrogens (tertiary/aromatic N) is 2. The number of carbonyl (C=O) groups is 2. The molecule has 0 radical (unpaired) electrons. The molecule has 0 aromatic heterocycles. The first kappa shape index (κ1) is 19.9. The Morgan fingerprint density at radius 2 is 2.18 bits per heavy atom. The second kappa shape index (κ2) is 7.63. The van der Waals surface area contributed by atoms with E-state index in [1.807, 2.05) is 0 Å². The number of hydrogen-bond donors (Lipinski definition) is 1. The van der Waals surface area contributed by atoms with Crippen LogP contribution in [0.15, 0.2) is 18.2 Å². The van der Waals surface area contributed by atoms with Crippen LogP contribution in [0.1, 0.15) is 48.7 Å². The van der Waals surface area contributed by atoms with Crippen molar-refractivity contribution in [3.8, 4) is 5.75 Å². The second-order valence-corrected chi connectivity index (χ2v) is 7.23. The molecular formula is C18H22N2O8. The molecule has 1 aromatic rings. The van der Waals surface area contributed by atoms with E-state index < -0.39 is 28.8 Å². The van der Waals surface area contributed by atoms with Crippen LogP contribution < -0.4 is 4.74 Å². The number of hydrogen-bond acceptors (Lipinski definition) is 8. The number of carbonyl (C=O) groups excluding carboxylic acids is 2. The number of aliphatic hydroxyl groups is 1. The third-order valence-electron chi connectivity index (χ3n) is 4.91. The van der Waals surface area contributed by atoms with E-state index in [1.165, 1.54) is 12.1 Å². The summed E-state index contributed by atoms with van der Waals surface area (Å²) in [7, 11) is 0. The number of benzene rings is 1. The van der Waals surface area contributed by atoms with Crippen LogP contribution in [0, 0.1) is 10.1 Å². The monoisotopic (exact) mass is 394 g/mol. The maximum Gasteiger partial charge on any atom is 0.338 e. The Morgan fingerprint density at radius 1 is 1.43 bits per heavy atom. The summed E-state index contributed by atoms with van der Waals surface area (Å²) in [6, 6.07) is 3.99. The molecule has 1 N–H and O–H groups in total. The highest BCUT2D eigenvalue weighted by Crippen LogP contribution is 2.44. The van der Waals surface area contributed by atoms with Gasteiger partial charge in [-0.1, -0.05) is 0 Å². The fourth-order valence-corrected chi connectivity index (χ4v) is 3.52. The van der Waals surface area contributed by atoms with Crippen LogP contribution in [0.3, 0.4) is 0 Å². The molecule has 1 saturated heterocycles. The molecule has 1 aromatic carbocycles. The van der Waals surface area contributed by atoms with Gasteiger partial charge in [0.1, 0.15) is 30.7 Å². The Morgan fingerprint density at radius 3 is 2.82 bits per heavy atom. The van der Waals surface area contributed by atoms with E-state index in [2.05, 4.69) is 4.84 Å². The van der Waals surface area contributed by atoms with Gasteiger partial charge >= 0.3 is 5.97 Å². The van der Waals surface area contributed by atoms with E-state index in [0.29, 0.717) is 30.7 Å². The van der Waals surface area contributed by atoms with Gasteiger partial charge in [-0.15, -0.1) is 10.1 Å². The van der Waals surface area contributed by atoms with Gasteiger partial charge in [0.05, 0.1) is 11.6 Å². The van der Waals surface area contributed by atoms with Gasteiger partial charge in [0.25, 0.3) is 5.09 Å². The van der Waals surface area contributed by atoms with Gasteiger partial charge in [-0.3, -0.25) is 4.79 Å². The molecule has 3 rings (SSSR count). The van der Waals surface area contributed by atoms with Crippen molar-refractivity contribution in [2.45, 2.75) is 44.4 Å². The maximum atomic E-state index is 12.3. The molecule has 2 aliphatic rings. The summed E-state index contributed by atoms with van der Waals surface area (Å²) in [5.74, 6) is -0.272. The van der Waals surface area contributed by atoms with Crippen LogP contribution in [0.4, 0.5) is 0 Å². The molecule has 1 fully saturated rings. The summed E-state index contributed by atoms with van der Waals surface area (Å²) in [6.07, 6.45) is 0.135. The summed E-state index contributed by atoms with van der Waals surface area (Å²) in [4.78, 5) is 40.4. The van der Waals surface area contributed by atoms with E-state index in [1.54, 1.807) is 24.8 Å². The highest BCUT2D eigenvalue weighted by molar-refractivity contribution is 5.90. The standard InChI is InChI=1S/C18H22N2O8/c1-18(2)16(22)15(19-7-3-4-14(19)21)12-10-11(5-6-13(12)28-18)17(23)26-8-9-27-20(24)25/h5-6,10,15-16,22H,3-4,7-9H2,1-2H3/t15-,16+/m1/s1. The minimum absolute atomic E-state index is 0.0578. The van der Waals surface area contributed by atoms with E-state index >= 15 is 0 Å². The first-order valence-corrected chi connectivity index (χ1v) is 8.95. The Hall–Kier alpha value is -2.88. The lowest BCUT2D eigenvalue weighted by atomic mass is 9.85. The van der Waals surface area contributed by atoms with Crippen LogP contribution in [-0.4, -0.2) is 58.4 Å². The summed E-state index contributed by atoms with van der Waals surface area (Å²) in [6.45, 7) is 3.35. The number of esters is 1. The van der Waals surface area contributed by atoms with Crippen LogP contribution >= 0.6 is 0 Å². The summed E-state index contributed by atoms with van der Waals surface area (Å²) in [5, 5.41) is 20.0. The zero-order valence-electron chi connectivity index (χ0n) is 15.6. The van der Waals surface area contributed by atoms with Crippen molar-refractivity contribution in [1.29, 1.82) is 0 Å². The normalized spacial score (nSPS) is 23.0. The fraction of sp³-hybridized carbons (Fsp3) is 0.556. The molecule has 0 spiro atoms. The smallest absolute Gasteiger partial charge is 0.338 e. The van der Waals surface area contributed by atoms with Crippen LogP contribution in [0.2, 0.25) is 0 Å². The molecule has 28 heavy (non-hydrogen) atoms. The highest BCUT2D eigenvalue weighted by Gasteiger charge is 2.47. The number of amides is 1. The van der Waals surface area contributed by atoms with Gasteiger partial charge in [0, 0.05) is 18.5 Å². The summed E-state index contributed by atoms with van der Waals surface area (Å²) >= 11 is 0. The van der Waals surface area contributed by atoms with Crippen molar-refractivity contribution in [3.63, 3.8) is 0 Å². The third-order valence-corrected chi connectivity index (χ3v) is 4.91. The van der Waals surface area contributed by atoms with Crippen molar-refractivity contribution < 1.29 is 34.1 Å². The SMILES string of the molecule is CC1(C)Oc2ccc(C(=O)OCCO[N+](=O)[O-])cc2[C@@H](N2CCCC2=O)[C@@H]1O. The lowest BCUT2D eigenvalue weighted by molar-refractivity contribution is -0.757. The molecule has 0 bridgehead atoms. The minimum atomic E-state index is -0.984. The third kappa shape index (κ3) is 3.86. The molecule has 1 amide bonds. The largest absolute Gasteiger partial charge is 0.485 e. The topological polar surface area (TPSA) is 128 Å². The number of ether oxygens (including phenoxy) is 2. The zero-order chi connectivity index (χ0) is 20.5. The quantitative estimate of drug-likeness (QED) is 0.330. The van der Waals surface area contributed by atoms with Gasteiger partial charge in [0.2, 0.25) is 5.91 Å². The first-order chi connectivity index (χ1) is 13.2. The molecule has 10 nitrogen and oxygen atoms in total. The highest BCUT2D eigenvalue weighted by atomic mass is 17.0. The number of fused-ring (bicyclic) bond motifs is 1. The van der Waals surface area contributed by atoms with Crippen molar-refractivity contribution in [3.05, 3.63) is 39.4 Å². The molecule has 10 heteroatoms. The Bertz CT molecular complexity index is 794. The Labute approximate surface area is 161 Å². The Balaban J connectivity index is 1.85. The van der Waals surface area contributed by atoms with Gasteiger partial charge in [0.15, 0.2) is 0 Å². The fourth-order valence-electron chi connectivity index (χ4n) is 3.52. The summed E-state index contributed by atoms with van der Waals surface area (Å²) in [5.41, 5.74) is -0.201. The van der Waals surface area contributed by atoms with Gasteiger partial charge in [-0.05, 0) is 38.5 Å². The summed E-state index contributed by atoms with van der Waals surface area (Å²) < 4.78 is 10.8. The number of aliphatic hydroxyl groups excluding tert-OH is 1. The van der Waals surface area contributed by atoms with Crippen molar-refractivity contribution in [2.24, 2.45) is 0 Å². The lowest BCUT2D eigenvalue weighted by Gasteiger charge is -2.45. The van der Waals surface area contributed by atoms with E-state index in [9.17, 15) is 24.8 Å². The van der Waals surface area contributed by atoms with E-state index in [0.717, 1.165) is 0 Å². The molecule has 0 saturated carbocycles. The van der Waals surface area contributed by atoms with Gasteiger partial charge < -0.3 is 24.3 Å². The van der Waals surface area contributed by atoms with Crippen molar-refractivity contribution >= 4 is 11.9 Å².